The molecule has 0 unspecified atom stereocenters. The van der Waals surface area contributed by atoms with Gasteiger partial charge < -0.3 is 20.0 Å². The van der Waals surface area contributed by atoms with Gasteiger partial charge >= 0.3 is 6.03 Å². The Morgan fingerprint density at radius 2 is 1.68 bits per heavy atom. The second kappa shape index (κ2) is 7.47. The largest absolute Gasteiger partial charge is 0.378 e. The predicted molar refractivity (Wildman–Crippen MR) is 105 cm³/mol. The van der Waals surface area contributed by atoms with Crippen LogP contribution in [0.1, 0.15) is 5.56 Å². The van der Waals surface area contributed by atoms with Gasteiger partial charge in [0.15, 0.2) is 0 Å². The fourth-order valence-corrected chi connectivity index (χ4v) is 3.04. The van der Waals surface area contributed by atoms with E-state index < -0.39 is 0 Å². The van der Waals surface area contributed by atoms with Gasteiger partial charge in [0.25, 0.3) is 0 Å². The van der Waals surface area contributed by atoms with Gasteiger partial charge in [-0.3, -0.25) is 0 Å². The number of piperazine rings is 1. The molecular weight excluding hydrogens is 312 g/mol. The van der Waals surface area contributed by atoms with E-state index in [1.54, 1.807) is 0 Å². The smallest absolute Gasteiger partial charge is 0.321 e. The molecule has 0 radical (unpaired) electrons. The second-order valence-corrected chi connectivity index (χ2v) is 6.68. The summed E-state index contributed by atoms with van der Waals surface area (Å²) in [6, 6.07) is 16.4. The lowest BCUT2D eigenvalue weighted by atomic mass is 10.2. The van der Waals surface area contributed by atoms with Gasteiger partial charge in [-0.05, 0) is 48.9 Å². The third-order valence-electron chi connectivity index (χ3n) is 4.57. The maximum atomic E-state index is 12.5. The van der Waals surface area contributed by atoms with Gasteiger partial charge in [-0.15, -0.1) is 0 Å². The Bertz CT molecular complexity index is 719. The fourth-order valence-electron chi connectivity index (χ4n) is 3.04. The highest BCUT2D eigenvalue weighted by atomic mass is 16.2. The number of nitrogens with zero attached hydrogens (tertiary/aromatic N) is 3. The van der Waals surface area contributed by atoms with Crippen LogP contribution in [-0.4, -0.2) is 51.2 Å². The number of urea groups is 1. The molecule has 0 saturated carbocycles. The molecule has 3 rings (SSSR count). The number of aryl methyl sites for hydroxylation is 1. The van der Waals surface area contributed by atoms with Crippen LogP contribution in [0.15, 0.2) is 48.5 Å². The van der Waals surface area contributed by atoms with Gasteiger partial charge in [0.1, 0.15) is 0 Å². The van der Waals surface area contributed by atoms with Crippen LogP contribution in [0.5, 0.6) is 0 Å². The van der Waals surface area contributed by atoms with E-state index in [1.165, 1.54) is 11.3 Å². The summed E-state index contributed by atoms with van der Waals surface area (Å²) in [6.45, 7) is 5.28. The minimum absolute atomic E-state index is 0.0264. The monoisotopic (exact) mass is 338 g/mol. The second-order valence-electron chi connectivity index (χ2n) is 6.68. The number of rotatable bonds is 3. The van der Waals surface area contributed by atoms with Crippen LogP contribution in [-0.2, 0) is 0 Å². The molecule has 2 aromatic rings. The highest BCUT2D eigenvalue weighted by molar-refractivity contribution is 5.89. The molecule has 0 atom stereocenters. The van der Waals surface area contributed by atoms with Crippen molar-refractivity contribution in [2.45, 2.75) is 6.92 Å². The summed E-state index contributed by atoms with van der Waals surface area (Å²) in [5, 5.41) is 2.99. The first-order valence-electron chi connectivity index (χ1n) is 8.68. The molecule has 1 aliphatic heterocycles. The van der Waals surface area contributed by atoms with Crippen LogP contribution in [0.2, 0.25) is 0 Å². The lowest BCUT2D eigenvalue weighted by Crippen LogP contribution is -2.50. The average Bonchev–Trinajstić information content (AvgIpc) is 2.62. The van der Waals surface area contributed by atoms with Gasteiger partial charge in [0.2, 0.25) is 0 Å². The van der Waals surface area contributed by atoms with Crippen LogP contribution in [0.25, 0.3) is 0 Å². The molecule has 2 amide bonds. The summed E-state index contributed by atoms with van der Waals surface area (Å²) in [5.74, 6) is 0. The normalized spacial score (nSPS) is 14.4. The molecule has 0 aromatic heterocycles. The lowest BCUT2D eigenvalue weighted by molar-refractivity contribution is 0.208. The van der Waals surface area contributed by atoms with E-state index in [-0.39, 0.29) is 6.03 Å². The van der Waals surface area contributed by atoms with Crippen molar-refractivity contribution >= 4 is 23.1 Å². The number of carbonyl (C=O) groups is 1. The highest BCUT2D eigenvalue weighted by Gasteiger charge is 2.21. The molecule has 1 heterocycles. The number of nitrogens with one attached hydrogen (secondary N) is 1. The van der Waals surface area contributed by atoms with E-state index >= 15 is 0 Å². The summed E-state index contributed by atoms with van der Waals surface area (Å²) in [4.78, 5) is 18.7. The molecular formula is C20H26N4O. The number of anilines is 3. The zero-order valence-corrected chi connectivity index (χ0v) is 15.2. The summed E-state index contributed by atoms with van der Waals surface area (Å²) in [6.07, 6.45) is 0. The van der Waals surface area contributed by atoms with Crippen LogP contribution < -0.4 is 15.1 Å². The van der Waals surface area contributed by atoms with Gasteiger partial charge in [-0.2, -0.15) is 0 Å². The molecule has 2 aromatic carbocycles. The summed E-state index contributed by atoms with van der Waals surface area (Å²) in [5.41, 5.74) is 4.44. The molecule has 25 heavy (non-hydrogen) atoms. The predicted octanol–water partition coefficient (Wildman–Crippen LogP) is 3.42. The third-order valence-corrected chi connectivity index (χ3v) is 4.57. The van der Waals surface area contributed by atoms with Crippen LogP contribution in [0.3, 0.4) is 0 Å². The molecule has 0 aliphatic carbocycles. The van der Waals surface area contributed by atoms with Crippen LogP contribution >= 0.6 is 0 Å². The average molecular weight is 338 g/mol. The van der Waals surface area contributed by atoms with Crippen LogP contribution in [0.4, 0.5) is 21.9 Å². The van der Waals surface area contributed by atoms with Crippen molar-refractivity contribution < 1.29 is 4.79 Å². The molecule has 132 valence electrons. The van der Waals surface area contributed by atoms with E-state index in [0.29, 0.717) is 0 Å². The van der Waals surface area contributed by atoms with E-state index in [9.17, 15) is 4.79 Å². The first-order valence-corrected chi connectivity index (χ1v) is 8.68. The maximum absolute atomic E-state index is 12.5. The Labute approximate surface area is 149 Å². The summed E-state index contributed by atoms with van der Waals surface area (Å²) >= 11 is 0. The van der Waals surface area contributed by atoms with E-state index in [0.717, 1.165) is 37.6 Å². The highest BCUT2D eigenvalue weighted by Crippen LogP contribution is 2.19. The molecule has 1 N–H and O–H groups in total. The fraction of sp³-hybridized carbons (Fsp3) is 0.350. The molecule has 5 heteroatoms. The third kappa shape index (κ3) is 4.24. The number of benzene rings is 2. The Kier molecular flexibility index (Phi) is 5.12. The molecule has 0 bridgehead atoms. The summed E-state index contributed by atoms with van der Waals surface area (Å²) in [7, 11) is 4.00. The number of carbonyl (C=O) groups excluding carboxylic acids is 1. The Balaban J connectivity index is 1.54. The topological polar surface area (TPSA) is 38.8 Å². The van der Waals surface area contributed by atoms with E-state index in [1.807, 2.05) is 48.2 Å². The minimum Gasteiger partial charge on any atom is -0.378 e. The Hall–Kier alpha value is -2.69. The molecule has 1 saturated heterocycles. The van der Waals surface area contributed by atoms with Crippen LogP contribution in [0, 0.1) is 6.92 Å². The van der Waals surface area contributed by atoms with Crippen molar-refractivity contribution in [2.75, 3.05) is 55.4 Å². The molecule has 1 fully saturated rings. The van der Waals surface area contributed by atoms with Gasteiger partial charge in [0, 0.05) is 57.3 Å². The van der Waals surface area contributed by atoms with Crippen molar-refractivity contribution in [3.8, 4) is 0 Å². The minimum atomic E-state index is -0.0264. The van der Waals surface area contributed by atoms with Crippen molar-refractivity contribution in [2.24, 2.45) is 0 Å². The summed E-state index contributed by atoms with van der Waals surface area (Å²) < 4.78 is 0. The number of hydrogen-bond acceptors (Lipinski definition) is 3. The van der Waals surface area contributed by atoms with Crippen molar-refractivity contribution in [3.63, 3.8) is 0 Å². The van der Waals surface area contributed by atoms with Crippen molar-refractivity contribution in [1.29, 1.82) is 0 Å². The quantitative estimate of drug-likeness (QED) is 0.932. The van der Waals surface area contributed by atoms with Crippen molar-refractivity contribution in [3.05, 3.63) is 54.1 Å². The molecule has 5 nitrogen and oxygen atoms in total. The zero-order chi connectivity index (χ0) is 17.8. The SMILES string of the molecule is Cc1cccc(N2CCN(C(=O)Nc3ccc(N(C)C)cc3)CC2)c1. The lowest BCUT2D eigenvalue weighted by Gasteiger charge is -2.36. The number of amides is 2. The number of hydrogen-bond donors (Lipinski definition) is 1. The first-order chi connectivity index (χ1) is 12.0. The van der Waals surface area contributed by atoms with Gasteiger partial charge in [-0.25, -0.2) is 4.79 Å². The first kappa shape index (κ1) is 17.1. The standard InChI is InChI=1S/C20H26N4O/c1-16-5-4-6-19(15-16)23-11-13-24(14-12-23)20(25)21-17-7-9-18(10-8-17)22(2)3/h4-10,15H,11-14H2,1-3H3,(H,21,25). The van der Waals surface area contributed by atoms with Gasteiger partial charge in [0.05, 0.1) is 0 Å². The molecule has 1 aliphatic rings. The maximum Gasteiger partial charge on any atom is 0.321 e. The zero-order valence-electron chi connectivity index (χ0n) is 15.2. The van der Waals surface area contributed by atoms with E-state index in [4.69, 9.17) is 0 Å². The van der Waals surface area contributed by atoms with Crippen molar-refractivity contribution in [1.82, 2.24) is 4.90 Å². The molecule has 0 spiro atoms. The Morgan fingerprint density at radius 3 is 2.28 bits per heavy atom. The van der Waals surface area contributed by atoms with E-state index in [2.05, 4.69) is 41.4 Å². The Morgan fingerprint density at radius 1 is 1.00 bits per heavy atom. The van der Waals surface area contributed by atoms with Gasteiger partial charge in [-0.1, -0.05) is 12.1 Å².